The molecule has 8 heteroatoms. The number of nitrogens with zero attached hydrogens (tertiary/aromatic N) is 1. The van der Waals surface area contributed by atoms with Gasteiger partial charge in [-0.3, -0.25) is 10.1 Å². The summed E-state index contributed by atoms with van der Waals surface area (Å²) in [4.78, 5) is 16.3. The SMILES string of the molecule is O=C(/C=C/c1ccccc1)NC(=S)Nc1nc2c(Cl)c(Cl)ccc2s1. The minimum atomic E-state index is -0.330. The molecule has 0 aliphatic rings. The Bertz CT molecular complexity index is 971. The number of nitrogens with one attached hydrogen (secondary N) is 2. The molecular weight excluding hydrogens is 397 g/mol. The second kappa shape index (κ2) is 7.93. The van der Waals surface area contributed by atoms with E-state index in [1.54, 1.807) is 12.1 Å². The number of rotatable bonds is 3. The largest absolute Gasteiger partial charge is 0.308 e. The number of thiocarbonyl (C=S) groups is 1. The van der Waals surface area contributed by atoms with Gasteiger partial charge in [0.15, 0.2) is 10.2 Å². The van der Waals surface area contributed by atoms with Crippen molar-refractivity contribution in [1.82, 2.24) is 10.3 Å². The van der Waals surface area contributed by atoms with E-state index in [1.807, 2.05) is 36.4 Å². The van der Waals surface area contributed by atoms with Gasteiger partial charge in [0, 0.05) is 6.08 Å². The molecule has 1 amide bonds. The molecule has 0 saturated carbocycles. The van der Waals surface area contributed by atoms with Gasteiger partial charge < -0.3 is 5.32 Å². The topological polar surface area (TPSA) is 54.0 Å². The molecule has 1 heterocycles. The van der Waals surface area contributed by atoms with Crippen molar-refractivity contribution in [2.75, 3.05) is 5.32 Å². The number of carbonyl (C=O) groups excluding carboxylic acids is 1. The summed E-state index contributed by atoms with van der Waals surface area (Å²) in [6.07, 6.45) is 3.12. The van der Waals surface area contributed by atoms with E-state index in [1.165, 1.54) is 17.4 Å². The van der Waals surface area contributed by atoms with Gasteiger partial charge in [-0.05, 0) is 36.0 Å². The summed E-state index contributed by atoms with van der Waals surface area (Å²) in [6, 6.07) is 13.0. The molecule has 0 saturated heterocycles. The van der Waals surface area contributed by atoms with Crippen LogP contribution < -0.4 is 10.6 Å². The highest BCUT2D eigenvalue weighted by Gasteiger charge is 2.11. The van der Waals surface area contributed by atoms with Crippen LogP contribution in [-0.2, 0) is 4.79 Å². The van der Waals surface area contributed by atoms with Crippen molar-refractivity contribution >= 4 is 79.2 Å². The highest BCUT2D eigenvalue weighted by atomic mass is 35.5. The van der Waals surface area contributed by atoms with Crippen molar-refractivity contribution < 1.29 is 4.79 Å². The van der Waals surface area contributed by atoms with E-state index in [-0.39, 0.29) is 11.0 Å². The van der Waals surface area contributed by atoms with Gasteiger partial charge in [-0.25, -0.2) is 4.98 Å². The fourth-order valence-corrected chi connectivity index (χ4v) is 3.56. The number of aromatic nitrogens is 1. The fraction of sp³-hybridized carbons (Fsp3) is 0. The Morgan fingerprint density at radius 3 is 2.68 bits per heavy atom. The van der Waals surface area contributed by atoms with Crippen LogP contribution in [0.1, 0.15) is 5.56 Å². The van der Waals surface area contributed by atoms with Crippen molar-refractivity contribution in [3.63, 3.8) is 0 Å². The smallest absolute Gasteiger partial charge is 0.250 e. The molecule has 4 nitrogen and oxygen atoms in total. The predicted molar refractivity (Wildman–Crippen MR) is 109 cm³/mol. The Balaban J connectivity index is 1.63. The molecule has 0 fully saturated rings. The molecule has 2 N–H and O–H groups in total. The molecule has 0 spiro atoms. The first-order valence-corrected chi connectivity index (χ1v) is 9.10. The standard InChI is InChI=1S/C17H11Cl2N3OS2/c18-11-7-8-12-15(14(11)19)21-17(25-12)22-16(24)20-13(23)9-6-10-4-2-1-3-5-10/h1-9H,(H2,20,21,22,23,24)/b9-6+. The lowest BCUT2D eigenvalue weighted by Crippen LogP contribution is -2.32. The third-order valence-corrected chi connectivity index (χ3v) is 5.07. The molecule has 0 unspecified atom stereocenters. The second-order valence-corrected chi connectivity index (χ2v) is 7.14. The maximum atomic E-state index is 11.9. The number of benzene rings is 2. The maximum absolute atomic E-state index is 11.9. The van der Waals surface area contributed by atoms with Crippen LogP contribution in [0.25, 0.3) is 16.3 Å². The van der Waals surface area contributed by atoms with Crippen molar-refractivity contribution in [3.05, 3.63) is 64.1 Å². The lowest BCUT2D eigenvalue weighted by atomic mass is 10.2. The number of hydrogen-bond acceptors (Lipinski definition) is 4. The van der Waals surface area contributed by atoms with Crippen LogP contribution in [-0.4, -0.2) is 16.0 Å². The number of fused-ring (bicyclic) bond motifs is 1. The highest BCUT2D eigenvalue weighted by Crippen LogP contribution is 2.35. The molecule has 0 atom stereocenters. The number of thiazole rings is 1. The average Bonchev–Trinajstić information content (AvgIpc) is 3.00. The van der Waals surface area contributed by atoms with Gasteiger partial charge >= 0.3 is 0 Å². The third kappa shape index (κ3) is 4.55. The Hall–Kier alpha value is -1.99. The van der Waals surface area contributed by atoms with E-state index < -0.39 is 0 Å². The molecule has 25 heavy (non-hydrogen) atoms. The van der Waals surface area contributed by atoms with Crippen LogP contribution in [0.4, 0.5) is 5.13 Å². The van der Waals surface area contributed by atoms with Crippen LogP contribution in [0.5, 0.6) is 0 Å². The minimum absolute atomic E-state index is 0.156. The van der Waals surface area contributed by atoms with Gasteiger partial charge in [0.1, 0.15) is 5.52 Å². The van der Waals surface area contributed by atoms with Crippen LogP contribution in [0, 0.1) is 0 Å². The second-order valence-electron chi connectivity index (χ2n) is 4.91. The lowest BCUT2D eigenvalue weighted by molar-refractivity contribution is -0.115. The first-order chi connectivity index (χ1) is 12.0. The zero-order valence-electron chi connectivity index (χ0n) is 12.6. The zero-order chi connectivity index (χ0) is 17.8. The summed E-state index contributed by atoms with van der Waals surface area (Å²) in [5, 5.41) is 6.96. The van der Waals surface area contributed by atoms with Gasteiger partial charge in [0.05, 0.1) is 14.7 Å². The van der Waals surface area contributed by atoms with E-state index in [2.05, 4.69) is 15.6 Å². The zero-order valence-corrected chi connectivity index (χ0v) is 15.8. The Morgan fingerprint density at radius 1 is 1.16 bits per heavy atom. The van der Waals surface area contributed by atoms with Crippen LogP contribution >= 0.6 is 46.8 Å². The number of carbonyl (C=O) groups is 1. The van der Waals surface area contributed by atoms with Crippen molar-refractivity contribution in [2.24, 2.45) is 0 Å². The van der Waals surface area contributed by atoms with Gasteiger partial charge in [-0.1, -0.05) is 64.9 Å². The monoisotopic (exact) mass is 407 g/mol. The first kappa shape index (κ1) is 17.8. The molecule has 126 valence electrons. The molecular formula is C17H11Cl2N3OS2. The molecule has 0 aliphatic carbocycles. The first-order valence-electron chi connectivity index (χ1n) is 7.12. The fourth-order valence-electron chi connectivity index (χ4n) is 2.01. The highest BCUT2D eigenvalue weighted by molar-refractivity contribution is 7.80. The van der Waals surface area contributed by atoms with E-state index >= 15 is 0 Å². The summed E-state index contributed by atoms with van der Waals surface area (Å²) in [7, 11) is 0. The molecule has 0 bridgehead atoms. The predicted octanol–water partition coefficient (Wildman–Crippen LogP) is 5.13. The van der Waals surface area contributed by atoms with Gasteiger partial charge in [0.2, 0.25) is 5.91 Å². The molecule has 0 aliphatic heterocycles. The number of amides is 1. The summed E-state index contributed by atoms with van der Waals surface area (Å²) >= 11 is 18.6. The van der Waals surface area contributed by atoms with Crippen LogP contribution in [0.2, 0.25) is 10.0 Å². The van der Waals surface area contributed by atoms with Gasteiger partial charge in [0.25, 0.3) is 0 Å². The van der Waals surface area contributed by atoms with Gasteiger partial charge in [-0.2, -0.15) is 0 Å². The van der Waals surface area contributed by atoms with Crippen LogP contribution in [0.3, 0.4) is 0 Å². The Kier molecular flexibility index (Phi) is 5.65. The quantitative estimate of drug-likeness (QED) is 0.466. The average molecular weight is 408 g/mol. The van der Waals surface area contributed by atoms with E-state index in [0.29, 0.717) is 20.7 Å². The summed E-state index contributed by atoms with van der Waals surface area (Å²) in [6.45, 7) is 0. The van der Waals surface area contributed by atoms with Crippen LogP contribution in [0.15, 0.2) is 48.5 Å². The molecule has 0 radical (unpaired) electrons. The molecule has 1 aromatic heterocycles. The van der Waals surface area contributed by atoms with E-state index in [4.69, 9.17) is 35.4 Å². The van der Waals surface area contributed by atoms with Crippen molar-refractivity contribution in [1.29, 1.82) is 0 Å². The number of halogens is 2. The van der Waals surface area contributed by atoms with Gasteiger partial charge in [-0.15, -0.1) is 0 Å². The Labute approximate surface area is 163 Å². The van der Waals surface area contributed by atoms with Crippen molar-refractivity contribution in [2.45, 2.75) is 0 Å². The summed E-state index contributed by atoms with van der Waals surface area (Å²) in [5.74, 6) is -0.330. The lowest BCUT2D eigenvalue weighted by Gasteiger charge is -2.04. The van der Waals surface area contributed by atoms with E-state index in [0.717, 1.165) is 10.3 Å². The van der Waals surface area contributed by atoms with Crippen molar-refractivity contribution in [3.8, 4) is 0 Å². The normalized spacial score (nSPS) is 11.0. The summed E-state index contributed by atoms with van der Waals surface area (Å²) < 4.78 is 0.870. The van der Waals surface area contributed by atoms with E-state index in [9.17, 15) is 4.79 Å². The summed E-state index contributed by atoms with van der Waals surface area (Å²) in [5.41, 5.74) is 1.52. The number of hydrogen-bond donors (Lipinski definition) is 2. The Morgan fingerprint density at radius 2 is 1.92 bits per heavy atom. The maximum Gasteiger partial charge on any atom is 0.250 e. The minimum Gasteiger partial charge on any atom is -0.308 e. The molecule has 2 aromatic carbocycles. The molecule has 3 rings (SSSR count). The number of anilines is 1. The molecule has 3 aromatic rings. The third-order valence-electron chi connectivity index (χ3n) is 3.14.